The van der Waals surface area contributed by atoms with Crippen molar-refractivity contribution >= 4 is 5.97 Å². The molecule has 0 unspecified atom stereocenters. The first-order valence-electron chi connectivity index (χ1n) is 4.14. The molecule has 1 heterocycles. The van der Waals surface area contributed by atoms with Gasteiger partial charge in [-0.05, 0) is 6.42 Å². The van der Waals surface area contributed by atoms with Gasteiger partial charge < -0.3 is 10.2 Å². The van der Waals surface area contributed by atoms with E-state index in [1.54, 1.807) is 0 Å². The molecule has 0 aliphatic heterocycles. The molecule has 0 amide bonds. The maximum Gasteiger partial charge on any atom is 0.308 e. The van der Waals surface area contributed by atoms with Crippen LogP contribution in [0.1, 0.15) is 18.9 Å². The number of hydrogen-bond acceptors (Lipinski definition) is 2. The van der Waals surface area contributed by atoms with Crippen LogP contribution in [0.3, 0.4) is 0 Å². The van der Waals surface area contributed by atoms with Crippen LogP contribution in [0.4, 0.5) is 0 Å². The minimum Gasteiger partial charge on any atom is -0.481 e. The lowest BCUT2D eigenvalue weighted by atomic mass is 10.2. The molecule has 0 radical (unpaired) electrons. The second-order valence-corrected chi connectivity index (χ2v) is 2.83. The Labute approximate surface area is 75.0 Å². The highest BCUT2D eigenvalue weighted by Crippen LogP contribution is 1.92. The summed E-state index contributed by atoms with van der Waals surface area (Å²) in [6.07, 6.45) is 2.07. The van der Waals surface area contributed by atoms with Gasteiger partial charge >= 0.3 is 5.97 Å². The van der Waals surface area contributed by atoms with E-state index < -0.39 is 5.97 Å². The summed E-state index contributed by atoms with van der Waals surface area (Å²) in [5, 5.41) is 11.2. The Bertz CT molecular complexity index is 351. The molecule has 1 aromatic heterocycles. The summed E-state index contributed by atoms with van der Waals surface area (Å²) in [7, 11) is 0. The highest BCUT2D eigenvalue weighted by Gasteiger charge is 2.08. The number of rotatable bonds is 4. The molecule has 0 saturated heterocycles. The Hall–Kier alpha value is -1.52. The fourth-order valence-electron chi connectivity index (χ4n) is 1.13. The molecule has 1 aromatic rings. The standard InChI is InChI=1S/C8H12N2O3/c1-2-3-10-8(13)6(5-9-10)4-7(11)12/h5,9H,2-4H2,1H3,(H,11,12). The van der Waals surface area contributed by atoms with Gasteiger partial charge in [0.05, 0.1) is 6.42 Å². The van der Waals surface area contributed by atoms with E-state index in [0.717, 1.165) is 6.42 Å². The maximum atomic E-state index is 11.4. The lowest BCUT2D eigenvalue weighted by molar-refractivity contribution is -0.136. The fraction of sp³-hybridized carbons (Fsp3) is 0.500. The van der Waals surface area contributed by atoms with Gasteiger partial charge in [0.25, 0.3) is 5.56 Å². The van der Waals surface area contributed by atoms with Gasteiger partial charge in [-0.2, -0.15) is 0 Å². The van der Waals surface area contributed by atoms with Crippen molar-refractivity contribution in [1.82, 2.24) is 9.78 Å². The van der Waals surface area contributed by atoms with Crippen molar-refractivity contribution in [1.29, 1.82) is 0 Å². The number of aryl methyl sites for hydroxylation is 1. The number of carboxylic acids is 1. The molecular formula is C8H12N2O3. The zero-order valence-electron chi connectivity index (χ0n) is 7.41. The monoisotopic (exact) mass is 184 g/mol. The van der Waals surface area contributed by atoms with Gasteiger partial charge in [-0.3, -0.25) is 14.3 Å². The van der Waals surface area contributed by atoms with Gasteiger partial charge in [-0.15, -0.1) is 0 Å². The molecular weight excluding hydrogens is 172 g/mol. The van der Waals surface area contributed by atoms with Crippen molar-refractivity contribution in [2.24, 2.45) is 0 Å². The molecule has 0 spiro atoms. The SMILES string of the molecule is CCCn1[nH]cc(CC(=O)O)c1=O. The van der Waals surface area contributed by atoms with Gasteiger partial charge in [-0.1, -0.05) is 6.92 Å². The summed E-state index contributed by atoms with van der Waals surface area (Å²) >= 11 is 0. The molecule has 1 rings (SSSR count). The van der Waals surface area contributed by atoms with E-state index in [0.29, 0.717) is 12.1 Å². The molecule has 0 aliphatic carbocycles. The molecule has 0 bridgehead atoms. The Morgan fingerprint density at radius 3 is 2.92 bits per heavy atom. The first-order chi connectivity index (χ1) is 6.15. The molecule has 5 heteroatoms. The van der Waals surface area contributed by atoms with Crippen LogP contribution >= 0.6 is 0 Å². The van der Waals surface area contributed by atoms with E-state index in [9.17, 15) is 9.59 Å². The van der Waals surface area contributed by atoms with Gasteiger partial charge in [0, 0.05) is 18.3 Å². The third kappa shape index (κ3) is 2.21. The van der Waals surface area contributed by atoms with E-state index in [1.807, 2.05) is 6.92 Å². The highest BCUT2D eigenvalue weighted by atomic mass is 16.4. The molecule has 13 heavy (non-hydrogen) atoms. The number of carbonyl (C=O) groups is 1. The zero-order valence-corrected chi connectivity index (χ0v) is 7.41. The van der Waals surface area contributed by atoms with Gasteiger partial charge in [0.1, 0.15) is 0 Å². The van der Waals surface area contributed by atoms with Crippen LogP contribution in [0, 0.1) is 0 Å². The lowest BCUT2D eigenvalue weighted by Gasteiger charge is -1.95. The Morgan fingerprint density at radius 2 is 2.38 bits per heavy atom. The van der Waals surface area contributed by atoms with Crippen LogP contribution in [-0.4, -0.2) is 20.9 Å². The van der Waals surface area contributed by atoms with Crippen molar-refractivity contribution in [2.75, 3.05) is 0 Å². The van der Waals surface area contributed by atoms with Crippen LogP contribution in [0.5, 0.6) is 0 Å². The third-order valence-electron chi connectivity index (χ3n) is 1.70. The fourth-order valence-corrected chi connectivity index (χ4v) is 1.13. The molecule has 5 nitrogen and oxygen atoms in total. The number of H-pyrrole nitrogens is 1. The number of aromatic amines is 1. The van der Waals surface area contributed by atoms with E-state index >= 15 is 0 Å². The summed E-state index contributed by atoms with van der Waals surface area (Å²) in [6.45, 7) is 2.54. The summed E-state index contributed by atoms with van der Waals surface area (Å²) in [5.74, 6) is -0.986. The van der Waals surface area contributed by atoms with Gasteiger partial charge in [0.2, 0.25) is 0 Å². The van der Waals surface area contributed by atoms with Crippen molar-refractivity contribution in [2.45, 2.75) is 26.3 Å². The van der Waals surface area contributed by atoms with Crippen molar-refractivity contribution in [3.05, 3.63) is 22.1 Å². The molecule has 72 valence electrons. The number of aliphatic carboxylic acids is 1. The first kappa shape index (κ1) is 9.57. The first-order valence-corrected chi connectivity index (χ1v) is 4.14. The molecule has 0 saturated carbocycles. The Balaban J connectivity index is 2.86. The summed E-state index contributed by atoms with van der Waals surface area (Å²) < 4.78 is 1.41. The topological polar surface area (TPSA) is 75.1 Å². The van der Waals surface area contributed by atoms with Crippen LogP contribution in [0.25, 0.3) is 0 Å². The maximum absolute atomic E-state index is 11.4. The normalized spacial score (nSPS) is 10.2. The summed E-state index contributed by atoms with van der Waals surface area (Å²) in [5.41, 5.74) is 0.0743. The van der Waals surface area contributed by atoms with E-state index in [4.69, 9.17) is 5.11 Å². The minimum absolute atomic E-state index is 0.216. The van der Waals surface area contributed by atoms with Crippen LogP contribution in [-0.2, 0) is 17.8 Å². The van der Waals surface area contributed by atoms with Crippen LogP contribution < -0.4 is 5.56 Å². The second-order valence-electron chi connectivity index (χ2n) is 2.83. The molecule has 0 aliphatic rings. The van der Waals surface area contributed by atoms with Crippen molar-refractivity contribution < 1.29 is 9.90 Å². The van der Waals surface area contributed by atoms with E-state index in [1.165, 1.54) is 10.9 Å². The number of nitrogens with zero attached hydrogens (tertiary/aromatic N) is 1. The number of aromatic nitrogens is 2. The third-order valence-corrected chi connectivity index (χ3v) is 1.70. The van der Waals surface area contributed by atoms with Crippen molar-refractivity contribution in [3.8, 4) is 0 Å². The average Bonchev–Trinajstić information content (AvgIpc) is 2.36. The van der Waals surface area contributed by atoms with Gasteiger partial charge in [0.15, 0.2) is 0 Å². The predicted octanol–water partition coefficient (Wildman–Crippen LogP) is 0.214. The quantitative estimate of drug-likeness (QED) is 0.702. The lowest BCUT2D eigenvalue weighted by Crippen LogP contribution is -2.20. The smallest absolute Gasteiger partial charge is 0.308 e. The zero-order chi connectivity index (χ0) is 9.84. The number of nitrogens with one attached hydrogen (secondary N) is 1. The van der Waals surface area contributed by atoms with E-state index in [2.05, 4.69) is 5.10 Å². The second kappa shape index (κ2) is 3.93. The molecule has 0 fully saturated rings. The minimum atomic E-state index is -0.986. The Kier molecular flexibility index (Phi) is 2.89. The molecule has 0 atom stereocenters. The molecule has 0 aromatic carbocycles. The number of hydrogen-bond donors (Lipinski definition) is 2. The summed E-state index contributed by atoms with van der Waals surface area (Å²) in [4.78, 5) is 21.7. The number of carboxylic acid groups (broad SMARTS) is 1. The average molecular weight is 184 g/mol. The largest absolute Gasteiger partial charge is 0.481 e. The highest BCUT2D eigenvalue weighted by molar-refractivity contribution is 5.69. The van der Waals surface area contributed by atoms with Crippen LogP contribution in [0.2, 0.25) is 0 Å². The Morgan fingerprint density at radius 1 is 1.69 bits per heavy atom. The van der Waals surface area contributed by atoms with Crippen LogP contribution in [0.15, 0.2) is 11.0 Å². The predicted molar refractivity (Wildman–Crippen MR) is 46.7 cm³/mol. The van der Waals surface area contributed by atoms with Gasteiger partial charge in [-0.25, -0.2) is 0 Å². The molecule has 2 N–H and O–H groups in total. The summed E-state index contributed by atoms with van der Waals surface area (Å²) in [6, 6.07) is 0. The van der Waals surface area contributed by atoms with E-state index in [-0.39, 0.29) is 12.0 Å². The van der Waals surface area contributed by atoms with Crippen molar-refractivity contribution in [3.63, 3.8) is 0 Å².